The summed E-state index contributed by atoms with van der Waals surface area (Å²) in [5.74, 6) is 0.539. The molecule has 15 heavy (non-hydrogen) atoms. The zero-order valence-corrected chi connectivity index (χ0v) is 8.64. The van der Waals surface area contributed by atoms with E-state index in [2.05, 4.69) is 11.1 Å². The molecule has 1 aromatic heterocycles. The number of anilines is 1. The van der Waals surface area contributed by atoms with Crippen molar-refractivity contribution < 1.29 is 4.74 Å². The SMILES string of the molecule is Nc1nc2cc(Cl)[c]cc2c2c1COC2. The van der Waals surface area contributed by atoms with Gasteiger partial charge in [0.15, 0.2) is 0 Å². The van der Waals surface area contributed by atoms with Crippen molar-refractivity contribution in [2.45, 2.75) is 13.2 Å². The minimum atomic E-state index is 0.539. The van der Waals surface area contributed by atoms with E-state index >= 15 is 0 Å². The second-order valence-corrected chi connectivity index (χ2v) is 3.93. The van der Waals surface area contributed by atoms with Crippen molar-refractivity contribution in [3.8, 4) is 0 Å². The first-order chi connectivity index (χ1) is 7.25. The second-order valence-electron chi connectivity index (χ2n) is 3.53. The van der Waals surface area contributed by atoms with Crippen LogP contribution in [-0.2, 0) is 18.0 Å². The van der Waals surface area contributed by atoms with Crippen LogP contribution in [0.25, 0.3) is 10.9 Å². The molecule has 1 aromatic carbocycles. The molecule has 4 heteroatoms. The Labute approximate surface area is 91.8 Å². The molecule has 0 atom stereocenters. The molecule has 2 heterocycles. The van der Waals surface area contributed by atoms with Gasteiger partial charge in [0.2, 0.25) is 0 Å². The van der Waals surface area contributed by atoms with E-state index in [1.165, 1.54) is 0 Å². The van der Waals surface area contributed by atoms with Crippen LogP contribution in [0, 0.1) is 6.07 Å². The molecular formula is C11H8ClN2O. The van der Waals surface area contributed by atoms with E-state index in [9.17, 15) is 0 Å². The normalized spacial score (nSPS) is 14.5. The number of hydrogen-bond donors (Lipinski definition) is 1. The van der Waals surface area contributed by atoms with Crippen LogP contribution in [0.2, 0.25) is 5.02 Å². The Hall–Kier alpha value is -1.32. The lowest BCUT2D eigenvalue weighted by atomic mass is 10.1. The minimum Gasteiger partial charge on any atom is -0.383 e. The van der Waals surface area contributed by atoms with E-state index in [1.807, 2.05) is 6.07 Å². The third-order valence-electron chi connectivity index (χ3n) is 2.63. The van der Waals surface area contributed by atoms with Gasteiger partial charge in [-0.05, 0) is 17.7 Å². The fraction of sp³-hybridized carbons (Fsp3) is 0.182. The zero-order chi connectivity index (χ0) is 10.4. The number of hydrogen-bond acceptors (Lipinski definition) is 3. The van der Waals surface area contributed by atoms with Gasteiger partial charge in [-0.1, -0.05) is 11.6 Å². The number of nitrogens with two attached hydrogens (primary N) is 1. The average molecular weight is 220 g/mol. The molecule has 0 spiro atoms. The molecule has 0 saturated heterocycles. The van der Waals surface area contributed by atoms with Crippen molar-refractivity contribution in [2.24, 2.45) is 0 Å². The molecule has 1 radical (unpaired) electrons. The molecule has 75 valence electrons. The quantitative estimate of drug-likeness (QED) is 0.740. The van der Waals surface area contributed by atoms with Crippen molar-refractivity contribution in [1.29, 1.82) is 0 Å². The summed E-state index contributed by atoms with van der Waals surface area (Å²) in [5.41, 5.74) is 8.76. The topological polar surface area (TPSA) is 48.1 Å². The van der Waals surface area contributed by atoms with E-state index in [1.54, 1.807) is 6.07 Å². The van der Waals surface area contributed by atoms with Gasteiger partial charge < -0.3 is 10.5 Å². The molecule has 0 aliphatic carbocycles. The number of nitrogens with zero attached hydrogens (tertiary/aromatic N) is 1. The van der Waals surface area contributed by atoms with Crippen LogP contribution in [0.15, 0.2) is 12.1 Å². The molecule has 3 nitrogen and oxygen atoms in total. The van der Waals surface area contributed by atoms with Gasteiger partial charge in [-0.25, -0.2) is 4.98 Å². The van der Waals surface area contributed by atoms with Gasteiger partial charge in [0, 0.05) is 17.0 Å². The predicted molar refractivity (Wildman–Crippen MR) is 58.5 cm³/mol. The molecule has 0 fully saturated rings. The molecule has 2 aromatic rings. The summed E-state index contributed by atoms with van der Waals surface area (Å²) in [6.07, 6.45) is 0. The van der Waals surface area contributed by atoms with Gasteiger partial charge in [0.05, 0.1) is 23.8 Å². The Kier molecular flexibility index (Phi) is 1.84. The zero-order valence-electron chi connectivity index (χ0n) is 7.88. The van der Waals surface area contributed by atoms with Crippen LogP contribution in [0.3, 0.4) is 0 Å². The van der Waals surface area contributed by atoms with Gasteiger partial charge in [-0.2, -0.15) is 0 Å². The molecule has 0 saturated carbocycles. The number of fused-ring (bicyclic) bond motifs is 3. The number of ether oxygens (including phenoxy) is 1. The van der Waals surface area contributed by atoms with Crippen molar-refractivity contribution in [2.75, 3.05) is 5.73 Å². The average Bonchev–Trinajstić information content (AvgIpc) is 2.66. The standard InChI is InChI=1S/C11H8ClN2O/c12-6-1-2-7-8-4-15-5-9(8)11(13)14-10(7)3-6/h2-3H,4-5H2,(H2,13,14). The lowest BCUT2D eigenvalue weighted by molar-refractivity contribution is 0.135. The van der Waals surface area contributed by atoms with Crippen LogP contribution >= 0.6 is 11.6 Å². The number of pyridine rings is 1. The lowest BCUT2D eigenvalue weighted by Crippen LogP contribution is -1.98. The maximum absolute atomic E-state index is 5.85. The van der Waals surface area contributed by atoms with E-state index in [0.717, 1.165) is 22.0 Å². The summed E-state index contributed by atoms with van der Waals surface area (Å²) < 4.78 is 5.37. The highest BCUT2D eigenvalue weighted by Crippen LogP contribution is 2.31. The number of aromatic nitrogens is 1. The maximum Gasteiger partial charge on any atom is 0.130 e. The fourth-order valence-corrected chi connectivity index (χ4v) is 2.04. The first-order valence-corrected chi connectivity index (χ1v) is 4.99. The molecule has 2 N–H and O–H groups in total. The van der Waals surface area contributed by atoms with Crippen molar-refractivity contribution in [3.63, 3.8) is 0 Å². The third kappa shape index (κ3) is 1.28. The van der Waals surface area contributed by atoms with Crippen LogP contribution in [-0.4, -0.2) is 4.98 Å². The molecule has 3 rings (SSSR count). The maximum atomic E-state index is 5.85. The van der Waals surface area contributed by atoms with Crippen LogP contribution in [0.1, 0.15) is 11.1 Å². The van der Waals surface area contributed by atoms with Crippen molar-refractivity contribution >= 4 is 28.3 Å². The highest BCUT2D eigenvalue weighted by atomic mass is 35.5. The van der Waals surface area contributed by atoms with E-state index in [-0.39, 0.29) is 0 Å². The summed E-state index contributed by atoms with van der Waals surface area (Å²) >= 11 is 5.85. The number of rotatable bonds is 0. The van der Waals surface area contributed by atoms with E-state index in [4.69, 9.17) is 22.1 Å². The molecule has 0 unspecified atom stereocenters. The van der Waals surface area contributed by atoms with Crippen molar-refractivity contribution in [1.82, 2.24) is 4.98 Å². The summed E-state index contributed by atoms with van der Waals surface area (Å²) in [6, 6.07) is 6.57. The minimum absolute atomic E-state index is 0.539. The highest BCUT2D eigenvalue weighted by Gasteiger charge is 2.18. The Morgan fingerprint density at radius 2 is 2.20 bits per heavy atom. The molecule has 1 aliphatic heterocycles. The fourth-order valence-electron chi connectivity index (χ4n) is 1.88. The van der Waals surface area contributed by atoms with Crippen molar-refractivity contribution in [3.05, 3.63) is 34.3 Å². The Morgan fingerprint density at radius 1 is 1.40 bits per heavy atom. The monoisotopic (exact) mass is 219 g/mol. The van der Waals surface area contributed by atoms with E-state index < -0.39 is 0 Å². The van der Waals surface area contributed by atoms with Gasteiger partial charge in [0.25, 0.3) is 0 Å². The number of nitrogen functional groups attached to an aromatic ring is 1. The van der Waals surface area contributed by atoms with E-state index in [0.29, 0.717) is 24.1 Å². The Balaban J connectivity index is 2.43. The van der Waals surface area contributed by atoms with Crippen LogP contribution in [0.5, 0.6) is 0 Å². The van der Waals surface area contributed by atoms with Gasteiger partial charge in [-0.15, -0.1) is 0 Å². The van der Waals surface area contributed by atoms with Gasteiger partial charge in [-0.3, -0.25) is 0 Å². The largest absolute Gasteiger partial charge is 0.383 e. The molecule has 0 bridgehead atoms. The summed E-state index contributed by atoms with van der Waals surface area (Å²) in [7, 11) is 0. The summed E-state index contributed by atoms with van der Waals surface area (Å²) in [4.78, 5) is 4.30. The Bertz CT molecular complexity index is 554. The smallest absolute Gasteiger partial charge is 0.130 e. The Morgan fingerprint density at radius 3 is 3.07 bits per heavy atom. The van der Waals surface area contributed by atoms with Gasteiger partial charge in [0.1, 0.15) is 5.82 Å². The summed E-state index contributed by atoms with van der Waals surface area (Å²) in [5, 5.41) is 1.58. The van der Waals surface area contributed by atoms with Crippen LogP contribution < -0.4 is 5.73 Å². The number of halogens is 1. The lowest BCUT2D eigenvalue weighted by Gasteiger charge is -2.06. The molecule has 0 amide bonds. The van der Waals surface area contributed by atoms with Gasteiger partial charge >= 0.3 is 0 Å². The highest BCUT2D eigenvalue weighted by molar-refractivity contribution is 6.31. The third-order valence-corrected chi connectivity index (χ3v) is 2.84. The first kappa shape index (κ1) is 8.95. The number of benzene rings is 1. The van der Waals surface area contributed by atoms with Crippen LogP contribution in [0.4, 0.5) is 5.82 Å². The molecule has 1 aliphatic rings. The first-order valence-electron chi connectivity index (χ1n) is 4.61. The second kappa shape index (κ2) is 3.08. The molecular weight excluding hydrogens is 212 g/mol. The summed E-state index contributed by atoms with van der Waals surface area (Å²) in [6.45, 7) is 1.14. The predicted octanol–water partition coefficient (Wildman–Crippen LogP) is 2.30.